The molecule has 0 N–H and O–H groups in total. The summed E-state index contributed by atoms with van der Waals surface area (Å²) in [4.78, 5) is 27.2. The smallest absolute Gasteiger partial charge is 0.305 e. The summed E-state index contributed by atoms with van der Waals surface area (Å²) in [5.41, 5.74) is 0. The standard InChI is InChI=1S/C12H22N2O3/c1-10(4-5-11(15)17-3)12(16)14-8-6-13(2)7-9-14/h10H,4-9H2,1-3H3/t10-/m0/s1. The number of piperazine rings is 1. The van der Waals surface area contributed by atoms with Gasteiger partial charge < -0.3 is 14.5 Å². The van der Waals surface area contributed by atoms with Crippen molar-refractivity contribution in [1.82, 2.24) is 9.80 Å². The molecule has 1 fully saturated rings. The van der Waals surface area contributed by atoms with Gasteiger partial charge >= 0.3 is 5.97 Å². The first-order valence-electron chi connectivity index (χ1n) is 6.08. The third-order valence-corrected chi connectivity index (χ3v) is 3.25. The second kappa shape index (κ2) is 6.59. The number of likely N-dealkylation sites (N-methyl/N-ethyl adjacent to an activating group) is 1. The topological polar surface area (TPSA) is 49.9 Å². The molecule has 17 heavy (non-hydrogen) atoms. The predicted molar refractivity (Wildman–Crippen MR) is 64.5 cm³/mol. The number of hydrogen-bond acceptors (Lipinski definition) is 4. The van der Waals surface area contributed by atoms with Gasteiger partial charge in [0, 0.05) is 38.5 Å². The second-order valence-corrected chi connectivity index (χ2v) is 4.64. The van der Waals surface area contributed by atoms with Gasteiger partial charge in [0.05, 0.1) is 7.11 Å². The summed E-state index contributed by atoms with van der Waals surface area (Å²) in [6.07, 6.45) is 0.884. The minimum atomic E-state index is -0.247. The minimum Gasteiger partial charge on any atom is -0.469 e. The average molecular weight is 242 g/mol. The van der Waals surface area contributed by atoms with Crippen molar-refractivity contribution >= 4 is 11.9 Å². The van der Waals surface area contributed by atoms with Gasteiger partial charge in [0.2, 0.25) is 5.91 Å². The van der Waals surface area contributed by atoms with Gasteiger partial charge in [-0.15, -0.1) is 0 Å². The van der Waals surface area contributed by atoms with Gasteiger partial charge in [-0.2, -0.15) is 0 Å². The molecule has 0 aromatic heterocycles. The Hall–Kier alpha value is -1.10. The van der Waals surface area contributed by atoms with E-state index in [0.29, 0.717) is 12.8 Å². The first-order valence-corrected chi connectivity index (χ1v) is 6.08. The Bertz CT molecular complexity index is 273. The Labute approximate surface area is 103 Å². The van der Waals surface area contributed by atoms with Crippen molar-refractivity contribution < 1.29 is 14.3 Å². The Morgan fingerprint density at radius 2 is 1.82 bits per heavy atom. The van der Waals surface area contributed by atoms with Crippen LogP contribution in [-0.2, 0) is 14.3 Å². The largest absolute Gasteiger partial charge is 0.469 e. The van der Waals surface area contributed by atoms with Crippen molar-refractivity contribution in [2.45, 2.75) is 19.8 Å². The number of amides is 1. The number of nitrogens with zero attached hydrogens (tertiary/aromatic N) is 2. The molecular formula is C12H22N2O3. The van der Waals surface area contributed by atoms with Gasteiger partial charge in [-0.1, -0.05) is 6.92 Å². The van der Waals surface area contributed by atoms with E-state index in [0.717, 1.165) is 26.2 Å². The highest BCUT2D eigenvalue weighted by atomic mass is 16.5. The zero-order valence-electron chi connectivity index (χ0n) is 10.9. The molecule has 0 aromatic carbocycles. The van der Waals surface area contributed by atoms with Crippen LogP contribution in [0.3, 0.4) is 0 Å². The molecule has 0 aliphatic carbocycles. The fourth-order valence-corrected chi connectivity index (χ4v) is 1.90. The van der Waals surface area contributed by atoms with E-state index in [1.54, 1.807) is 0 Å². The lowest BCUT2D eigenvalue weighted by molar-refractivity contribution is -0.141. The Morgan fingerprint density at radius 3 is 2.35 bits per heavy atom. The van der Waals surface area contributed by atoms with Crippen molar-refractivity contribution in [2.75, 3.05) is 40.3 Å². The van der Waals surface area contributed by atoms with E-state index in [1.165, 1.54) is 7.11 Å². The van der Waals surface area contributed by atoms with Gasteiger partial charge in [-0.05, 0) is 13.5 Å². The van der Waals surface area contributed by atoms with E-state index >= 15 is 0 Å². The zero-order chi connectivity index (χ0) is 12.8. The summed E-state index contributed by atoms with van der Waals surface area (Å²) in [7, 11) is 3.43. The van der Waals surface area contributed by atoms with E-state index < -0.39 is 0 Å². The molecule has 0 aromatic rings. The number of carbonyl (C=O) groups excluding carboxylic acids is 2. The number of ether oxygens (including phenoxy) is 1. The maximum Gasteiger partial charge on any atom is 0.305 e. The normalized spacial score (nSPS) is 18.9. The first kappa shape index (κ1) is 14.0. The molecule has 1 aliphatic rings. The molecule has 1 aliphatic heterocycles. The van der Waals surface area contributed by atoms with Crippen LogP contribution in [0.4, 0.5) is 0 Å². The van der Waals surface area contributed by atoms with E-state index in [4.69, 9.17) is 0 Å². The van der Waals surface area contributed by atoms with Crippen LogP contribution in [0.15, 0.2) is 0 Å². The fourth-order valence-electron chi connectivity index (χ4n) is 1.90. The van der Waals surface area contributed by atoms with Crippen LogP contribution in [0.25, 0.3) is 0 Å². The lowest BCUT2D eigenvalue weighted by Crippen LogP contribution is -2.48. The second-order valence-electron chi connectivity index (χ2n) is 4.64. The lowest BCUT2D eigenvalue weighted by atomic mass is 10.0. The Balaban J connectivity index is 2.33. The van der Waals surface area contributed by atoms with Crippen molar-refractivity contribution in [1.29, 1.82) is 0 Å². The molecular weight excluding hydrogens is 220 g/mol. The van der Waals surface area contributed by atoms with Gasteiger partial charge in [0.1, 0.15) is 0 Å². The molecule has 1 rings (SSSR count). The molecule has 1 atom stereocenters. The highest BCUT2D eigenvalue weighted by molar-refractivity contribution is 5.79. The predicted octanol–water partition coefficient (Wildman–Crippen LogP) is 0.350. The minimum absolute atomic E-state index is 0.0995. The van der Waals surface area contributed by atoms with Crippen LogP contribution < -0.4 is 0 Å². The van der Waals surface area contributed by atoms with Gasteiger partial charge in [-0.25, -0.2) is 0 Å². The van der Waals surface area contributed by atoms with Crippen molar-refractivity contribution in [3.05, 3.63) is 0 Å². The summed E-state index contributed by atoms with van der Waals surface area (Å²) >= 11 is 0. The number of carbonyl (C=O) groups is 2. The molecule has 5 nitrogen and oxygen atoms in total. The molecule has 0 spiro atoms. The molecule has 0 unspecified atom stereocenters. The molecule has 5 heteroatoms. The van der Waals surface area contributed by atoms with Crippen LogP contribution in [0.1, 0.15) is 19.8 Å². The molecule has 1 heterocycles. The van der Waals surface area contributed by atoms with E-state index in [9.17, 15) is 9.59 Å². The molecule has 1 amide bonds. The maximum atomic E-state index is 12.1. The SMILES string of the molecule is COC(=O)CC[C@H](C)C(=O)N1CCN(C)CC1. The Kier molecular flexibility index (Phi) is 5.41. The summed E-state index contributed by atoms with van der Waals surface area (Å²) in [5, 5.41) is 0. The number of rotatable bonds is 4. The summed E-state index contributed by atoms with van der Waals surface area (Å²) in [6.45, 7) is 5.31. The van der Waals surface area contributed by atoms with Gasteiger partial charge in [-0.3, -0.25) is 9.59 Å². The third kappa shape index (κ3) is 4.34. The molecule has 98 valence electrons. The van der Waals surface area contributed by atoms with Gasteiger partial charge in [0.15, 0.2) is 0 Å². The van der Waals surface area contributed by atoms with E-state index in [2.05, 4.69) is 16.7 Å². The highest BCUT2D eigenvalue weighted by Gasteiger charge is 2.23. The van der Waals surface area contributed by atoms with E-state index in [1.807, 2.05) is 11.8 Å². The highest BCUT2D eigenvalue weighted by Crippen LogP contribution is 2.12. The summed E-state index contributed by atoms with van der Waals surface area (Å²) in [5.74, 6) is -0.192. The molecule has 0 saturated carbocycles. The van der Waals surface area contributed by atoms with Gasteiger partial charge in [0.25, 0.3) is 0 Å². The third-order valence-electron chi connectivity index (χ3n) is 3.25. The number of esters is 1. The quantitative estimate of drug-likeness (QED) is 0.667. The van der Waals surface area contributed by atoms with Crippen LogP contribution in [0, 0.1) is 5.92 Å². The average Bonchev–Trinajstić information content (AvgIpc) is 2.35. The Morgan fingerprint density at radius 1 is 1.24 bits per heavy atom. The zero-order valence-corrected chi connectivity index (χ0v) is 10.9. The molecule has 0 radical (unpaired) electrons. The fraction of sp³-hybridized carbons (Fsp3) is 0.833. The first-order chi connectivity index (χ1) is 8.04. The monoisotopic (exact) mass is 242 g/mol. The number of methoxy groups -OCH3 is 1. The molecule has 0 bridgehead atoms. The number of hydrogen-bond donors (Lipinski definition) is 0. The van der Waals surface area contributed by atoms with Crippen molar-refractivity contribution in [2.24, 2.45) is 5.92 Å². The van der Waals surface area contributed by atoms with Crippen molar-refractivity contribution in [3.8, 4) is 0 Å². The summed E-state index contributed by atoms with van der Waals surface area (Å²) in [6, 6.07) is 0. The van der Waals surface area contributed by atoms with E-state index in [-0.39, 0.29) is 17.8 Å². The lowest BCUT2D eigenvalue weighted by Gasteiger charge is -2.34. The molecule has 1 saturated heterocycles. The summed E-state index contributed by atoms with van der Waals surface area (Å²) < 4.78 is 4.57. The van der Waals surface area contributed by atoms with Crippen LogP contribution >= 0.6 is 0 Å². The van der Waals surface area contributed by atoms with Crippen LogP contribution in [-0.4, -0.2) is 62.0 Å². The van der Waals surface area contributed by atoms with Crippen LogP contribution in [0.5, 0.6) is 0 Å². The maximum absolute atomic E-state index is 12.1. The van der Waals surface area contributed by atoms with Crippen molar-refractivity contribution in [3.63, 3.8) is 0 Å². The van der Waals surface area contributed by atoms with Crippen LogP contribution in [0.2, 0.25) is 0 Å².